The van der Waals surface area contributed by atoms with Crippen molar-refractivity contribution in [3.8, 4) is 11.5 Å². The third-order valence-electron chi connectivity index (χ3n) is 3.46. The molecule has 23 heavy (non-hydrogen) atoms. The van der Waals surface area contributed by atoms with E-state index in [2.05, 4.69) is 4.72 Å². The lowest BCUT2D eigenvalue weighted by atomic mass is 10.1. The molecule has 0 heterocycles. The second-order valence-corrected chi connectivity index (χ2v) is 7.11. The summed E-state index contributed by atoms with van der Waals surface area (Å²) < 4.78 is 44.1. The number of anilines is 1. The van der Waals surface area contributed by atoms with E-state index in [4.69, 9.17) is 4.74 Å². The zero-order valence-electron chi connectivity index (χ0n) is 12.3. The molecule has 2 aromatic rings. The first-order valence-electron chi connectivity index (χ1n) is 6.93. The topological polar surface area (TPSA) is 72.5 Å². The van der Waals surface area contributed by atoms with Crippen molar-refractivity contribution in [3.63, 3.8) is 0 Å². The number of sulfonamides is 1. The summed E-state index contributed by atoms with van der Waals surface area (Å²) in [5.41, 5.74) is 1.57. The van der Waals surface area contributed by atoms with Gasteiger partial charge in [0, 0.05) is 12.0 Å². The summed E-state index contributed by atoms with van der Waals surface area (Å²) in [6, 6.07) is 8.46. The average molecular weight is 335 g/mol. The Labute approximate surface area is 133 Å². The van der Waals surface area contributed by atoms with Crippen LogP contribution >= 0.6 is 0 Å². The van der Waals surface area contributed by atoms with Crippen LogP contribution in [0.5, 0.6) is 11.5 Å². The molecule has 0 spiro atoms. The van der Waals surface area contributed by atoms with Crippen molar-refractivity contribution in [1.29, 1.82) is 0 Å². The zero-order valence-corrected chi connectivity index (χ0v) is 13.1. The van der Waals surface area contributed by atoms with Crippen LogP contribution in [-0.2, 0) is 16.4 Å². The normalized spacial score (nSPS) is 13.7. The first kappa shape index (κ1) is 15.5. The second kappa shape index (κ2) is 5.66. The molecule has 0 radical (unpaired) electrons. The molecule has 120 valence electrons. The Kier molecular flexibility index (Phi) is 3.81. The fourth-order valence-electron chi connectivity index (χ4n) is 2.47. The predicted molar refractivity (Wildman–Crippen MR) is 84.0 cm³/mol. The van der Waals surface area contributed by atoms with Crippen LogP contribution in [-0.4, -0.2) is 20.5 Å². The quantitative estimate of drug-likeness (QED) is 0.932. The summed E-state index contributed by atoms with van der Waals surface area (Å²) in [6.07, 6.45) is 2.00. The fourth-order valence-corrected chi connectivity index (χ4v) is 3.03. The number of fused-ring (bicyclic) bond motifs is 1. The molecule has 2 aromatic carbocycles. The van der Waals surface area contributed by atoms with Crippen LogP contribution < -0.4 is 9.46 Å². The summed E-state index contributed by atoms with van der Waals surface area (Å²) in [4.78, 5) is 11.9. The van der Waals surface area contributed by atoms with E-state index in [-0.39, 0.29) is 17.2 Å². The summed E-state index contributed by atoms with van der Waals surface area (Å²) in [5, 5.41) is 0. The lowest BCUT2D eigenvalue weighted by molar-refractivity contribution is 0.0994. The highest BCUT2D eigenvalue weighted by Gasteiger charge is 2.23. The largest absolute Gasteiger partial charge is 0.455 e. The average Bonchev–Trinajstić information content (AvgIpc) is 2.81. The molecule has 5 nitrogen and oxygen atoms in total. The molecule has 0 aliphatic heterocycles. The Hall–Kier alpha value is -2.41. The SMILES string of the molecule is CS(=O)(=O)Nc1cc2c(cc1Oc1ccc(F)cc1)C(=O)CC2. The van der Waals surface area contributed by atoms with Gasteiger partial charge in [-0.05, 0) is 48.4 Å². The van der Waals surface area contributed by atoms with Gasteiger partial charge in [0.1, 0.15) is 11.6 Å². The minimum atomic E-state index is -3.50. The maximum absolute atomic E-state index is 13.0. The van der Waals surface area contributed by atoms with Crippen molar-refractivity contribution in [2.24, 2.45) is 0 Å². The second-order valence-electron chi connectivity index (χ2n) is 5.36. The van der Waals surface area contributed by atoms with Gasteiger partial charge in [0.05, 0.1) is 11.9 Å². The number of carbonyl (C=O) groups excluding carboxylic acids is 1. The molecule has 0 bridgehead atoms. The molecule has 3 rings (SSSR count). The van der Waals surface area contributed by atoms with Crippen LogP contribution in [0.25, 0.3) is 0 Å². The third-order valence-corrected chi connectivity index (χ3v) is 4.05. The Balaban J connectivity index is 2.03. The molecule has 0 saturated heterocycles. The highest BCUT2D eigenvalue weighted by atomic mass is 32.2. The van der Waals surface area contributed by atoms with Gasteiger partial charge in [0.2, 0.25) is 10.0 Å². The van der Waals surface area contributed by atoms with E-state index in [0.717, 1.165) is 11.8 Å². The van der Waals surface area contributed by atoms with Gasteiger partial charge in [-0.2, -0.15) is 0 Å². The number of hydrogen-bond acceptors (Lipinski definition) is 4. The number of rotatable bonds is 4. The van der Waals surface area contributed by atoms with Gasteiger partial charge in [0.15, 0.2) is 11.5 Å². The molecule has 0 aromatic heterocycles. The van der Waals surface area contributed by atoms with E-state index in [1.165, 1.54) is 30.3 Å². The maximum atomic E-state index is 13.0. The smallest absolute Gasteiger partial charge is 0.229 e. The highest BCUT2D eigenvalue weighted by Crippen LogP contribution is 2.36. The van der Waals surface area contributed by atoms with Gasteiger partial charge >= 0.3 is 0 Å². The van der Waals surface area contributed by atoms with Gasteiger partial charge in [-0.1, -0.05) is 0 Å². The van der Waals surface area contributed by atoms with E-state index in [1.54, 1.807) is 6.07 Å². The first-order valence-corrected chi connectivity index (χ1v) is 8.82. The first-order chi connectivity index (χ1) is 10.8. The van der Waals surface area contributed by atoms with Crippen LogP contribution in [0.4, 0.5) is 10.1 Å². The van der Waals surface area contributed by atoms with Gasteiger partial charge in [0.25, 0.3) is 0 Å². The number of hydrogen-bond donors (Lipinski definition) is 1. The Bertz CT molecular complexity index is 876. The number of Topliss-reactive ketones (excluding diaryl/α,β-unsaturated/α-hetero) is 1. The molecule has 0 unspecified atom stereocenters. The van der Waals surface area contributed by atoms with Crippen molar-refractivity contribution in [2.45, 2.75) is 12.8 Å². The molecular formula is C16H14FNO4S. The standard InChI is InChI=1S/C16H14FNO4S/c1-23(20,21)18-14-8-10-2-7-15(19)13(10)9-16(14)22-12-5-3-11(17)4-6-12/h3-6,8-9,18H,2,7H2,1H3. The minimum absolute atomic E-state index is 0.00476. The monoisotopic (exact) mass is 335 g/mol. The van der Waals surface area contributed by atoms with Crippen molar-refractivity contribution in [1.82, 2.24) is 0 Å². The van der Waals surface area contributed by atoms with Crippen LogP contribution in [0.3, 0.4) is 0 Å². The van der Waals surface area contributed by atoms with Crippen LogP contribution in [0.2, 0.25) is 0 Å². The van der Waals surface area contributed by atoms with Crippen LogP contribution in [0, 0.1) is 5.82 Å². The zero-order chi connectivity index (χ0) is 16.6. The van der Waals surface area contributed by atoms with Gasteiger partial charge < -0.3 is 4.74 Å². The van der Waals surface area contributed by atoms with E-state index in [0.29, 0.717) is 24.2 Å². The number of carbonyl (C=O) groups is 1. The van der Waals surface area contributed by atoms with Crippen LogP contribution in [0.15, 0.2) is 36.4 Å². The number of halogens is 1. The number of ether oxygens (including phenoxy) is 1. The molecule has 1 aliphatic rings. The van der Waals surface area contributed by atoms with Crippen molar-refractivity contribution < 1.29 is 22.3 Å². The minimum Gasteiger partial charge on any atom is -0.455 e. The van der Waals surface area contributed by atoms with Crippen molar-refractivity contribution >= 4 is 21.5 Å². The van der Waals surface area contributed by atoms with E-state index in [9.17, 15) is 17.6 Å². The molecule has 1 N–H and O–H groups in total. The molecule has 0 saturated carbocycles. The molecule has 0 atom stereocenters. The number of nitrogens with one attached hydrogen (secondary N) is 1. The highest BCUT2D eigenvalue weighted by molar-refractivity contribution is 7.92. The maximum Gasteiger partial charge on any atom is 0.229 e. The summed E-state index contributed by atoms with van der Waals surface area (Å²) in [6.45, 7) is 0. The number of ketones is 1. The van der Waals surface area contributed by atoms with Crippen LogP contribution in [0.1, 0.15) is 22.3 Å². The molecule has 0 fully saturated rings. The molecular weight excluding hydrogens is 321 g/mol. The summed E-state index contributed by atoms with van der Waals surface area (Å²) >= 11 is 0. The lowest BCUT2D eigenvalue weighted by Crippen LogP contribution is -2.11. The van der Waals surface area contributed by atoms with Gasteiger partial charge in [-0.3, -0.25) is 9.52 Å². The molecule has 1 aliphatic carbocycles. The third kappa shape index (κ3) is 3.50. The van der Waals surface area contributed by atoms with Gasteiger partial charge in [-0.15, -0.1) is 0 Å². The van der Waals surface area contributed by atoms with E-state index < -0.39 is 15.8 Å². The van der Waals surface area contributed by atoms with Crippen molar-refractivity contribution in [3.05, 3.63) is 53.3 Å². The van der Waals surface area contributed by atoms with Gasteiger partial charge in [-0.25, -0.2) is 12.8 Å². The fraction of sp³-hybridized carbons (Fsp3) is 0.188. The molecule has 7 heteroatoms. The summed E-state index contributed by atoms with van der Waals surface area (Å²) in [7, 11) is -3.50. The van der Waals surface area contributed by atoms with E-state index in [1.807, 2.05) is 0 Å². The predicted octanol–water partition coefficient (Wildman–Crippen LogP) is 3.12. The molecule has 0 amide bonds. The Morgan fingerprint density at radius 1 is 1.13 bits per heavy atom. The summed E-state index contributed by atoms with van der Waals surface area (Å²) in [5.74, 6) is 0.134. The number of benzene rings is 2. The Morgan fingerprint density at radius 2 is 1.83 bits per heavy atom. The Morgan fingerprint density at radius 3 is 2.48 bits per heavy atom. The van der Waals surface area contributed by atoms with E-state index >= 15 is 0 Å². The number of aryl methyl sites for hydroxylation is 1. The lowest BCUT2D eigenvalue weighted by Gasteiger charge is -2.14. The van der Waals surface area contributed by atoms with Crippen molar-refractivity contribution in [2.75, 3.05) is 11.0 Å².